The molecular weight excluding hydrogens is 408 g/mol. The van der Waals surface area contributed by atoms with Crippen molar-refractivity contribution in [3.8, 4) is 5.75 Å². The van der Waals surface area contributed by atoms with Crippen LogP contribution >= 0.6 is 23.8 Å². The van der Waals surface area contributed by atoms with Gasteiger partial charge in [-0.2, -0.15) is 0 Å². The van der Waals surface area contributed by atoms with E-state index in [1.807, 2.05) is 19.1 Å². The van der Waals surface area contributed by atoms with Gasteiger partial charge in [0.25, 0.3) is 11.8 Å². The fraction of sp³-hybridized carbons (Fsp3) is 0.227. The number of hydrogen-bond acceptors (Lipinski definition) is 4. The minimum absolute atomic E-state index is 0.00595. The molecule has 2 aromatic rings. The summed E-state index contributed by atoms with van der Waals surface area (Å²) in [7, 11) is 0. The Hall–Kier alpha value is -2.70. The lowest BCUT2D eigenvalue weighted by atomic mass is 10.1. The normalized spacial score (nSPS) is 16.8. The average molecular weight is 429 g/mol. The van der Waals surface area contributed by atoms with Gasteiger partial charge in [0.2, 0.25) is 0 Å². The molecule has 0 aliphatic carbocycles. The first-order chi connectivity index (χ1) is 13.8. The van der Waals surface area contributed by atoms with Gasteiger partial charge in [0.1, 0.15) is 11.3 Å². The Labute approximate surface area is 180 Å². The smallest absolute Gasteiger partial charge is 0.270 e. The largest absolute Gasteiger partial charge is 0.491 e. The van der Waals surface area contributed by atoms with Crippen LogP contribution in [0, 0.1) is 6.92 Å². The lowest BCUT2D eigenvalue weighted by molar-refractivity contribution is -0.122. The van der Waals surface area contributed by atoms with Crippen LogP contribution in [0.15, 0.2) is 48.0 Å². The third-order valence-electron chi connectivity index (χ3n) is 4.68. The Morgan fingerprint density at radius 1 is 1.21 bits per heavy atom. The van der Waals surface area contributed by atoms with E-state index in [9.17, 15) is 9.59 Å². The molecule has 2 amide bonds. The van der Waals surface area contributed by atoms with Crippen molar-refractivity contribution < 1.29 is 14.3 Å². The van der Waals surface area contributed by atoms with Gasteiger partial charge >= 0.3 is 0 Å². The van der Waals surface area contributed by atoms with Gasteiger partial charge < -0.3 is 4.74 Å². The molecule has 1 aliphatic heterocycles. The van der Waals surface area contributed by atoms with Crippen molar-refractivity contribution in [3.63, 3.8) is 0 Å². The number of amides is 2. The second kappa shape index (κ2) is 8.76. The van der Waals surface area contributed by atoms with Crippen molar-refractivity contribution in [1.29, 1.82) is 0 Å². The minimum Gasteiger partial charge on any atom is -0.491 e. The van der Waals surface area contributed by atoms with E-state index in [0.29, 0.717) is 21.8 Å². The maximum Gasteiger partial charge on any atom is 0.270 e. The summed E-state index contributed by atoms with van der Waals surface area (Å²) in [4.78, 5) is 26.8. The highest BCUT2D eigenvalue weighted by molar-refractivity contribution is 7.80. The molecule has 0 bridgehead atoms. The molecule has 0 aromatic heterocycles. The molecule has 3 rings (SSSR count). The van der Waals surface area contributed by atoms with Crippen molar-refractivity contribution in [2.75, 3.05) is 4.90 Å². The molecular formula is C22H21ClN2O3S. The molecule has 1 saturated heterocycles. The number of benzene rings is 2. The predicted molar refractivity (Wildman–Crippen MR) is 119 cm³/mol. The standard InChI is InChI=1S/C22H21ClN2O3S/c1-4-13(2)28-16-10-8-15(9-11-16)12-17-20(26)24-22(29)25(21(17)27)19-7-5-6-18(23)14(19)3/h5-13H,4H2,1-3H3,(H,24,26,29)/b17-12+/t13-/m1/s1. The van der Waals surface area contributed by atoms with Gasteiger partial charge in [-0.1, -0.05) is 36.7 Å². The summed E-state index contributed by atoms with van der Waals surface area (Å²) < 4.78 is 5.76. The van der Waals surface area contributed by atoms with Crippen LogP contribution < -0.4 is 15.0 Å². The van der Waals surface area contributed by atoms with Crippen molar-refractivity contribution in [2.45, 2.75) is 33.3 Å². The second-order valence-corrected chi connectivity index (χ2v) is 7.54. The SMILES string of the molecule is CC[C@@H](C)Oc1ccc(/C=C2\C(=O)NC(=S)N(c3cccc(Cl)c3C)C2=O)cc1. The molecule has 0 radical (unpaired) electrons. The number of rotatable bonds is 5. The Bertz CT molecular complexity index is 1000. The first-order valence-electron chi connectivity index (χ1n) is 9.25. The zero-order valence-corrected chi connectivity index (χ0v) is 17.9. The number of anilines is 1. The molecule has 1 N–H and O–H groups in total. The van der Waals surface area contributed by atoms with Gasteiger partial charge in [-0.3, -0.25) is 19.8 Å². The number of nitrogens with one attached hydrogen (secondary N) is 1. The van der Waals surface area contributed by atoms with Crippen LogP contribution in [0.3, 0.4) is 0 Å². The third-order valence-corrected chi connectivity index (χ3v) is 5.38. The van der Waals surface area contributed by atoms with Crippen molar-refractivity contribution in [2.24, 2.45) is 0 Å². The predicted octanol–water partition coefficient (Wildman–Crippen LogP) is 4.66. The second-order valence-electron chi connectivity index (χ2n) is 6.75. The molecule has 1 aliphatic rings. The molecule has 0 unspecified atom stereocenters. The van der Waals surface area contributed by atoms with Crippen LogP contribution in [0.5, 0.6) is 5.75 Å². The number of nitrogens with zero attached hydrogens (tertiary/aromatic N) is 1. The molecule has 1 atom stereocenters. The summed E-state index contributed by atoms with van der Waals surface area (Å²) in [5.74, 6) is -0.293. The maximum atomic E-state index is 13.1. The monoisotopic (exact) mass is 428 g/mol. The number of hydrogen-bond donors (Lipinski definition) is 1. The number of ether oxygens (including phenoxy) is 1. The lowest BCUT2D eigenvalue weighted by Gasteiger charge is -2.30. The fourth-order valence-electron chi connectivity index (χ4n) is 2.84. The molecule has 150 valence electrons. The zero-order valence-electron chi connectivity index (χ0n) is 16.4. The van der Waals surface area contributed by atoms with E-state index in [2.05, 4.69) is 12.2 Å². The highest BCUT2D eigenvalue weighted by atomic mass is 35.5. The van der Waals surface area contributed by atoms with Crippen molar-refractivity contribution >= 4 is 52.5 Å². The Morgan fingerprint density at radius 3 is 2.55 bits per heavy atom. The summed E-state index contributed by atoms with van der Waals surface area (Å²) in [6, 6.07) is 12.4. The fourth-order valence-corrected chi connectivity index (χ4v) is 3.28. The quantitative estimate of drug-likeness (QED) is 0.427. The molecule has 0 spiro atoms. The van der Waals surface area contributed by atoms with Gasteiger partial charge in [-0.25, -0.2) is 0 Å². The van der Waals surface area contributed by atoms with E-state index in [1.54, 1.807) is 43.3 Å². The van der Waals surface area contributed by atoms with Crippen LogP contribution in [-0.4, -0.2) is 23.0 Å². The molecule has 0 saturated carbocycles. The van der Waals surface area contributed by atoms with Gasteiger partial charge in [-0.15, -0.1) is 0 Å². The summed E-state index contributed by atoms with van der Waals surface area (Å²) in [5, 5.41) is 3.12. The number of thiocarbonyl (C=S) groups is 1. The lowest BCUT2D eigenvalue weighted by Crippen LogP contribution is -2.54. The summed E-state index contributed by atoms with van der Waals surface area (Å²) in [5.41, 5.74) is 1.94. The van der Waals surface area contributed by atoms with Gasteiger partial charge in [-0.05, 0) is 74.0 Å². The highest BCUT2D eigenvalue weighted by Gasteiger charge is 2.35. The van der Waals surface area contributed by atoms with Crippen LogP contribution in [0.1, 0.15) is 31.4 Å². The number of halogens is 1. The van der Waals surface area contributed by atoms with E-state index in [4.69, 9.17) is 28.6 Å². The summed E-state index contributed by atoms with van der Waals surface area (Å²) in [6.45, 7) is 5.84. The molecule has 7 heteroatoms. The number of carbonyl (C=O) groups is 2. The van der Waals surface area contributed by atoms with E-state index in [-0.39, 0.29) is 16.8 Å². The maximum absolute atomic E-state index is 13.1. The zero-order chi connectivity index (χ0) is 21.1. The Balaban J connectivity index is 1.92. The van der Waals surface area contributed by atoms with Crippen molar-refractivity contribution in [1.82, 2.24) is 5.32 Å². The average Bonchev–Trinajstić information content (AvgIpc) is 2.69. The van der Waals surface area contributed by atoms with Gasteiger partial charge in [0, 0.05) is 5.02 Å². The molecule has 2 aromatic carbocycles. The van der Waals surface area contributed by atoms with Crippen LogP contribution in [-0.2, 0) is 9.59 Å². The van der Waals surface area contributed by atoms with Crippen LogP contribution in [0.25, 0.3) is 6.08 Å². The number of carbonyl (C=O) groups excluding carboxylic acids is 2. The van der Waals surface area contributed by atoms with Crippen LogP contribution in [0.2, 0.25) is 5.02 Å². The van der Waals surface area contributed by atoms with Crippen LogP contribution in [0.4, 0.5) is 5.69 Å². The van der Waals surface area contributed by atoms with E-state index in [0.717, 1.165) is 12.2 Å². The minimum atomic E-state index is -0.532. The third kappa shape index (κ3) is 4.49. The summed E-state index contributed by atoms with van der Waals surface area (Å²) in [6.07, 6.45) is 2.55. The van der Waals surface area contributed by atoms with Gasteiger partial charge in [0.15, 0.2) is 5.11 Å². The van der Waals surface area contributed by atoms with E-state index >= 15 is 0 Å². The molecule has 5 nitrogen and oxygen atoms in total. The Kier molecular flexibility index (Phi) is 6.35. The Morgan fingerprint density at radius 2 is 1.90 bits per heavy atom. The van der Waals surface area contributed by atoms with Gasteiger partial charge in [0.05, 0.1) is 11.8 Å². The first kappa shape index (κ1) is 21.0. The topological polar surface area (TPSA) is 58.6 Å². The van der Waals surface area contributed by atoms with Crippen molar-refractivity contribution in [3.05, 3.63) is 64.2 Å². The van der Waals surface area contributed by atoms with E-state index in [1.165, 1.54) is 4.90 Å². The molecule has 1 heterocycles. The highest BCUT2D eigenvalue weighted by Crippen LogP contribution is 2.29. The van der Waals surface area contributed by atoms with E-state index < -0.39 is 11.8 Å². The molecule has 29 heavy (non-hydrogen) atoms. The summed E-state index contributed by atoms with van der Waals surface area (Å²) >= 11 is 11.4. The first-order valence-corrected chi connectivity index (χ1v) is 10.0. The molecule has 1 fully saturated rings.